The topological polar surface area (TPSA) is 119 Å². The highest BCUT2D eigenvalue weighted by atomic mass is 32.2. The zero-order valence-electron chi connectivity index (χ0n) is 15.3. The van der Waals surface area contributed by atoms with Gasteiger partial charge in [-0.25, -0.2) is 4.79 Å². The summed E-state index contributed by atoms with van der Waals surface area (Å²) >= 11 is 0.918. The van der Waals surface area contributed by atoms with Crippen LogP contribution in [0, 0.1) is 0 Å². The van der Waals surface area contributed by atoms with Crippen LogP contribution < -0.4 is 10.1 Å². The van der Waals surface area contributed by atoms with Gasteiger partial charge in [0.1, 0.15) is 5.75 Å². The summed E-state index contributed by atoms with van der Waals surface area (Å²) in [5, 5.41) is 2.12. The predicted molar refractivity (Wildman–Crippen MR) is 100 cm³/mol. The summed E-state index contributed by atoms with van der Waals surface area (Å²) in [5.74, 6) is -1.06. The molecule has 1 heterocycles. The van der Waals surface area contributed by atoms with Crippen molar-refractivity contribution >= 4 is 40.6 Å². The smallest absolute Gasteiger partial charge is 0.344 e. The van der Waals surface area contributed by atoms with Gasteiger partial charge in [0.05, 0.1) is 5.75 Å². The van der Waals surface area contributed by atoms with Gasteiger partial charge in [-0.1, -0.05) is 18.7 Å². The zero-order valence-corrected chi connectivity index (χ0v) is 16.1. The number of hydrogen-bond acceptors (Lipinski definition) is 8. The van der Waals surface area contributed by atoms with E-state index in [4.69, 9.17) is 9.47 Å². The van der Waals surface area contributed by atoms with E-state index >= 15 is 0 Å². The lowest BCUT2D eigenvalue weighted by Crippen LogP contribution is -2.39. The Balaban J connectivity index is 1.62. The molecule has 0 bridgehead atoms. The van der Waals surface area contributed by atoms with Crippen LogP contribution in [-0.4, -0.2) is 65.8 Å². The Kier molecular flexibility index (Phi) is 8.00. The Morgan fingerprint density at radius 1 is 1.14 bits per heavy atom. The number of Topliss-reactive ketones (excluding diaryl/α,β-unsaturated/α-hetero) is 1. The molecule has 0 atom stereocenters. The number of imide groups is 1. The van der Waals surface area contributed by atoms with Gasteiger partial charge in [-0.2, -0.15) is 0 Å². The van der Waals surface area contributed by atoms with Crippen molar-refractivity contribution in [2.45, 2.75) is 13.3 Å². The highest BCUT2D eigenvalue weighted by molar-refractivity contribution is 8.14. The Morgan fingerprint density at radius 3 is 2.46 bits per heavy atom. The summed E-state index contributed by atoms with van der Waals surface area (Å²) in [5.41, 5.74) is 0.560. The number of thioether (sulfide) groups is 1. The van der Waals surface area contributed by atoms with Crippen molar-refractivity contribution < 1.29 is 33.4 Å². The second-order valence-corrected chi connectivity index (χ2v) is 6.63. The lowest BCUT2D eigenvalue weighted by atomic mass is 10.1. The molecule has 0 unspecified atom stereocenters. The van der Waals surface area contributed by atoms with Crippen molar-refractivity contribution in [2.75, 3.05) is 32.1 Å². The van der Waals surface area contributed by atoms with Gasteiger partial charge in [0.15, 0.2) is 19.0 Å². The number of carbonyl (C=O) groups excluding carboxylic acids is 5. The average molecular weight is 408 g/mol. The molecule has 1 aromatic carbocycles. The van der Waals surface area contributed by atoms with Crippen LogP contribution in [0.15, 0.2) is 24.3 Å². The molecule has 1 aliphatic heterocycles. The van der Waals surface area contributed by atoms with E-state index in [1.807, 2.05) is 0 Å². The van der Waals surface area contributed by atoms with Crippen molar-refractivity contribution in [2.24, 2.45) is 0 Å². The molecule has 9 nitrogen and oxygen atoms in total. The first-order chi connectivity index (χ1) is 13.4. The van der Waals surface area contributed by atoms with Gasteiger partial charge in [0.25, 0.3) is 11.1 Å². The molecule has 0 aromatic heterocycles. The molecule has 10 heteroatoms. The molecule has 1 aromatic rings. The SMILES string of the molecule is CCC(=O)c1ccc(OCC(=O)OCC(=O)NCCN2C(=O)CSC2=O)cc1. The summed E-state index contributed by atoms with van der Waals surface area (Å²) in [6.45, 7) is 1.03. The van der Waals surface area contributed by atoms with Gasteiger partial charge in [0, 0.05) is 25.1 Å². The van der Waals surface area contributed by atoms with E-state index < -0.39 is 18.5 Å². The minimum atomic E-state index is -0.731. The van der Waals surface area contributed by atoms with E-state index in [0.29, 0.717) is 17.7 Å². The molecule has 0 saturated carbocycles. The van der Waals surface area contributed by atoms with Crippen LogP contribution in [0.1, 0.15) is 23.7 Å². The monoisotopic (exact) mass is 408 g/mol. The van der Waals surface area contributed by atoms with Gasteiger partial charge in [-0.3, -0.25) is 24.1 Å². The number of nitrogens with one attached hydrogen (secondary N) is 1. The minimum absolute atomic E-state index is 0.00851. The Bertz CT molecular complexity index is 748. The number of benzene rings is 1. The molecule has 3 amide bonds. The van der Waals surface area contributed by atoms with Crippen LogP contribution in [0.25, 0.3) is 0 Å². The van der Waals surface area contributed by atoms with Gasteiger partial charge < -0.3 is 14.8 Å². The molecule has 0 aliphatic carbocycles. The normalized spacial score (nSPS) is 13.4. The van der Waals surface area contributed by atoms with Crippen molar-refractivity contribution in [3.63, 3.8) is 0 Å². The van der Waals surface area contributed by atoms with E-state index in [-0.39, 0.29) is 42.4 Å². The number of hydrogen-bond donors (Lipinski definition) is 1. The predicted octanol–water partition coefficient (Wildman–Crippen LogP) is 1.01. The Hall–Kier alpha value is -2.88. The fourth-order valence-corrected chi connectivity index (χ4v) is 2.98. The third-order valence-corrected chi connectivity index (χ3v) is 4.58. The summed E-state index contributed by atoms with van der Waals surface area (Å²) < 4.78 is 10.0. The third kappa shape index (κ3) is 6.38. The number of amides is 3. The number of ketones is 1. The molecular weight excluding hydrogens is 388 g/mol. The fraction of sp³-hybridized carbons (Fsp3) is 0.389. The highest BCUT2D eigenvalue weighted by Crippen LogP contribution is 2.17. The molecule has 1 N–H and O–H groups in total. The van der Waals surface area contributed by atoms with Crippen LogP contribution in [0.3, 0.4) is 0 Å². The van der Waals surface area contributed by atoms with Crippen LogP contribution >= 0.6 is 11.8 Å². The molecule has 1 fully saturated rings. The van der Waals surface area contributed by atoms with Crippen LogP contribution in [0.4, 0.5) is 4.79 Å². The molecule has 1 aliphatic rings. The number of ether oxygens (including phenoxy) is 2. The van der Waals surface area contributed by atoms with E-state index in [1.165, 1.54) is 0 Å². The number of esters is 1. The number of nitrogens with zero attached hydrogens (tertiary/aromatic N) is 1. The van der Waals surface area contributed by atoms with E-state index in [1.54, 1.807) is 31.2 Å². The van der Waals surface area contributed by atoms with Crippen LogP contribution in [-0.2, 0) is 19.1 Å². The maximum Gasteiger partial charge on any atom is 0.344 e. The molecular formula is C18H20N2O7S. The molecule has 2 rings (SSSR count). The second kappa shape index (κ2) is 10.5. The summed E-state index contributed by atoms with van der Waals surface area (Å²) in [6.07, 6.45) is 0.401. The maximum atomic E-state index is 11.6. The second-order valence-electron chi connectivity index (χ2n) is 5.70. The largest absolute Gasteiger partial charge is 0.482 e. The maximum absolute atomic E-state index is 11.6. The Labute approximate surface area is 165 Å². The molecule has 28 heavy (non-hydrogen) atoms. The number of rotatable bonds is 10. The van der Waals surface area contributed by atoms with E-state index in [9.17, 15) is 24.0 Å². The van der Waals surface area contributed by atoms with Crippen LogP contribution in [0.5, 0.6) is 5.75 Å². The van der Waals surface area contributed by atoms with Gasteiger partial charge in [0.2, 0.25) is 5.91 Å². The molecule has 0 radical (unpaired) electrons. The highest BCUT2D eigenvalue weighted by Gasteiger charge is 2.29. The first-order valence-electron chi connectivity index (χ1n) is 8.56. The summed E-state index contributed by atoms with van der Waals surface area (Å²) in [7, 11) is 0. The van der Waals surface area contributed by atoms with Crippen molar-refractivity contribution in [1.82, 2.24) is 10.2 Å². The van der Waals surface area contributed by atoms with E-state index in [2.05, 4.69) is 5.32 Å². The summed E-state index contributed by atoms with van der Waals surface area (Å²) in [4.78, 5) is 58.6. The van der Waals surface area contributed by atoms with Gasteiger partial charge in [-0.05, 0) is 24.3 Å². The zero-order chi connectivity index (χ0) is 20.5. The van der Waals surface area contributed by atoms with Gasteiger partial charge in [-0.15, -0.1) is 0 Å². The fourth-order valence-electron chi connectivity index (χ4n) is 2.23. The quantitative estimate of drug-likeness (QED) is 0.450. The molecule has 1 saturated heterocycles. The van der Waals surface area contributed by atoms with Crippen LogP contribution in [0.2, 0.25) is 0 Å². The average Bonchev–Trinajstić information content (AvgIpc) is 3.02. The Morgan fingerprint density at radius 2 is 1.86 bits per heavy atom. The molecule has 150 valence electrons. The lowest BCUT2D eigenvalue weighted by molar-refractivity contribution is -0.150. The first kappa shape index (κ1) is 21.4. The van der Waals surface area contributed by atoms with E-state index in [0.717, 1.165) is 16.7 Å². The first-order valence-corrected chi connectivity index (χ1v) is 9.54. The third-order valence-electron chi connectivity index (χ3n) is 3.72. The summed E-state index contributed by atoms with van der Waals surface area (Å²) in [6, 6.07) is 6.35. The van der Waals surface area contributed by atoms with Crippen molar-refractivity contribution in [3.8, 4) is 5.75 Å². The van der Waals surface area contributed by atoms with Crippen molar-refractivity contribution in [1.29, 1.82) is 0 Å². The number of carbonyl (C=O) groups is 5. The minimum Gasteiger partial charge on any atom is -0.482 e. The van der Waals surface area contributed by atoms with Crippen molar-refractivity contribution in [3.05, 3.63) is 29.8 Å². The lowest BCUT2D eigenvalue weighted by Gasteiger charge is -2.13. The van der Waals surface area contributed by atoms with Gasteiger partial charge >= 0.3 is 5.97 Å². The molecule has 0 spiro atoms. The standard InChI is InChI=1S/C18H20N2O7S/c1-2-14(21)12-3-5-13(6-4-12)26-10-17(24)27-9-15(22)19-7-8-20-16(23)11-28-18(20)25/h3-6H,2,7-11H2,1H3,(H,19,22).